The Hall–Kier alpha value is -2.82. The molecule has 0 saturated carbocycles. The van der Waals surface area contributed by atoms with Gasteiger partial charge in [-0.05, 0) is 56.2 Å². The van der Waals surface area contributed by atoms with Crippen LogP contribution in [0.15, 0.2) is 24.3 Å². The molecule has 2 aromatic carbocycles. The Morgan fingerprint density at radius 2 is 1.88 bits per heavy atom. The van der Waals surface area contributed by atoms with Crippen molar-refractivity contribution >= 4 is 38.7 Å². The molecule has 2 aromatic heterocycles. The zero-order valence-electron chi connectivity index (χ0n) is 13.7. The minimum Gasteiger partial charge on any atom is -0.461 e. The lowest BCUT2D eigenvalue weighted by Gasteiger charge is -2.02. The standard InChI is InChI=1S/C19H17FN2O2/c1-4-24-19(23)18-10(3)16-9(2)17-13(8-15(16)22-18)12-7-11(20)5-6-14(12)21-17/h5-8,21-22H,4H2,1-3H3. The third kappa shape index (κ3) is 1.94. The van der Waals surface area contributed by atoms with Crippen molar-refractivity contribution in [3.8, 4) is 0 Å². The van der Waals surface area contributed by atoms with Crippen molar-refractivity contribution in [1.29, 1.82) is 0 Å². The molecule has 0 fully saturated rings. The third-order valence-electron chi connectivity index (χ3n) is 4.60. The van der Waals surface area contributed by atoms with Crippen LogP contribution in [0.2, 0.25) is 0 Å². The zero-order chi connectivity index (χ0) is 17.0. The summed E-state index contributed by atoms with van der Waals surface area (Å²) >= 11 is 0. The van der Waals surface area contributed by atoms with E-state index in [1.807, 2.05) is 19.9 Å². The van der Waals surface area contributed by atoms with Gasteiger partial charge in [-0.1, -0.05) is 0 Å². The molecule has 0 aliphatic rings. The van der Waals surface area contributed by atoms with Crippen molar-refractivity contribution in [2.75, 3.05) is 6.61 Å². The second kappa shape index (κ2) is 5.09. The summed E-state index contributed by atoms with van der Waals surface area (Å²) in [6.45, 7) is 6.03. The number of aryl methyl sites for hydroxylation is 2. The number of carbonyl (C=O) groups is 1. The highest BCUT2D eigenvalue weighted by Gasteiger charge is 2.19. The molecule has 2 heterocycles. The van der Waals surface area contributed by atoms with E-state index in [2.05, 4.69) is 9.97 Å². The maximum absolute atomic E-state index is 13.6. The highest BCUT2D eigenvalue weighted by Crippen LogP contribution is 2.35. The van der Waals surface area contributed by atoms with Crippen molar-refractivity contribution in [2.45, 2.75) is 20.8 Å². The van der Waals surface area contributed by atoms with Crippen molar-refractivity contribution in [3.63, 3.8) is 0 Å². The normalized spacial score (nSPS) is 11.7. The van der Waals surface area contributed by atoms with Gasteiger partial charge >= 0.3 is 5.97 Å². The number of carbonyl (C=O) groups excluding carboxylic acids is 1. The molecule has 0 radical (unpaired) electrons. The van der Waals surface area contributed by atoms with Crippen molar-refractivity contribution in [1.82, 2.24) is 9.97 Å². The van der Waals surface area contributed by atoms with E-state index in [1.54, 1.807) is 13.0 Å². The number of halogens is 1. The highest BCUT2D eigenvalue weighted by atomic mass is 19.1. The van der Waals surface area contributed by atoms with Gasteiger partial charge in [-0.15, -0.1) is 0 Å². The molecule has 5 heteroatoms. The van der Waals surface area contributed by atoms with Gasteiger partial charge in [0.1, 0.15) is 11.5 Å². The number of benzene rings is 2. The van der Waals surface area contributed by atoms with Crippen LogP contribution in [0, 0.1) is 19.7 Å². The molecule has 0 bridgehead atoms. The van der Waals surface area contributed by atoms with E-state index in [9.17, 15) is 9.18 Å². The Morgan fingerprint density at radius 1 is 1.08 bits per heavy atom. The van der Waals surface area contributed by atoms with E-state index in [0.29, 0.717) is 12.3 Å². The van der Waals surface area contributed by atoms with Gasteiger partial charge in [-0.3, -0.25) is 0 Å². The molecular formula is C19H17FN2O2. The molecule has 4 nitrogen and oxygen atoms in total. The first-order chi connectivity index (χ1) is 11.5. The fourth-order valence-corrected chi connectivity index (χ4v) is 3.52. The highest BCUT2D eigenvalue weighted by molar-refractivity contribution is 6.15. The van der Waals surface area contributed by atoms with Crippen LogP contribution >= 0.6 is 0 Å². The van der Waals surface area contributed by atoms with Crippen LogP contribution in [0.25, 0.3) is 32.7 Å². The van der Waals surface area contributed by atoms with Crippen LogP contribution < -0.4 is 0 Å². The summed E-state index contributed by atoms with van der Waals surface area (Å²) in [7, 11) is 0. The van der Waals surface area contributed by atoms with E-state index in [0.717, 1.165) is 43.8 Å². The minimum atomic E-state index is -0.356. The number of nitrogens with one attached hydrogen (secondary N) is 2. The van der Waals surface area contributed by atoms with Crippen molar-refractivity contribution in [2.24, 2.45) is 0 Å². The molecule has 0 saturated heterocycles. The predicted octanol–water partition coefficient (Wildman–Crippen LogP) is 4.74. The van der Waals surface area contributed by atoms with Crippen LogP contribution in [0.3, 0.4) is 0 Å². The molecule has 0 atom stereocenters. The summed E-state index contributed by atoms with van der Waals surface area (Å²) in [5, 5.41) is 2.77. The van der Waals surface area contributed by atoms with Gasteiger partial charge in [-0.2, -0.15) is 0 Å². The fraction of sp³-hybridized carbons (Fsp3) is 0.211. The largest absolute Gasteiger partial charge is 0.461 e. The number of hydrogen-bond acceptors (Lipinski definition) is 2. The van der Waals surface area contributed by atoms with Crippen LogP contribution in [-0.2, 0) is 4.74 Å². The number of rotatable bonds is 2. The number of aromatic nitrogens is 2. The van der Waals surface area contributed by atoms with Gasteiger partial charge in [0.25, 0.3) is 0 Å². The molecule has 122 valence electrons. The SMILES string of the molecule is CCOC(=O)c1[nH]c2cc3c([nH]c4ccc(F)cc43)c(C)c2c1C. The topological polar surface area (TPSA) is 57.9 Å². The molecule has 0 aliphatic carbocycles. The van der Waals surface area contributed by atoms with Crippen LogP contribution in [0.4, 0.5) is 4.39 Å². The monoisotopic (exact) mass is 324 g/mol. The van der Waals surface area contributed by atoms with Crippen molar-refractivity contribution < 1.29 is 13.9 Å². The molecule has 0 aliphatic heterocycles. The molecule has 0 unspecified atom stereocenters. The summed E-state index contributed by atoms with van der Waals surface area (Å²) in [6, 6.07) is 6.69. The average molecular weight is 324 g/mol. The lowest BCUT2D eigenvalue weighted by Crippen LogP contribution is -2.06. The van der Waals surface area contributed by atoms with Gasteiger partial charge in [-0.25, -0.2) is 9.18 Å². The van der Waals surface area contributed by atoms with Gasteiger partial charge in [0.15, 0.2) is 0 Å². The Labute approximate surface area is 137 Å². The van der Waals surface area contributed by atoms with E-state index in [-0.39, 0.29) is 11.8 Å². The molecule has 24 heavy (non-hydrogen) atoms. The molecule has 0 spiro atoms. The number of ether oxygens (including phenoxy) is 1. The molecule has 2 N–H and O–H groups in total. The summed E-state index contributed by atoms with van der Waals surface area (Å²) in [6.07, 6.45) is 0. The smallest absolute Gasteiger partial charge is 0.355 e. The average Bonchev–Trinajstić information content (AvgIpc) is 3.07. The number of fused-ring (bicyclic) bond motifs is 4. The quantitative estimate of drug-likeness (QED) is 0.523. The summed E-state index contributed by atoms with van der Waals surface area (Å²) < 4.78 is 18.7. The maximum Gasteiger partial charge on any atom is 0.355 e. The number of hydrogen-bond donors (Lipinski definition) is 2. The Morgan fingerprint density at radius 3 is 2.62 bits per heavy atom. The third-order valence-corrected chi connectivity index (χ3v) is 4.60. The first kappa shape index (κ1) is 14.8. The molecular weight excluding hydrogens is 307 g/mol. The minimum absolute atomic E-state index is 0.268. The Balaban J connectivity index is 2.08. The van der Waals surface area contributed by atoms with E-state index < -0.39 is 0 Å². The first-order valence-corrected chi connectivity index (χ1v) is 7.91. The lowest BCUT2D eigenvalue weighted by atomic mass is 10.0. The second-order valence-corrected chi connectivity index (χ2v) is 6.01. The van der Waals surface area contributed by atoms with Gasteiger partial charge in [0.2, 0.25) is 0 Å². The predicted molar refractivity (Wildman–Crippen MR) is 93.0 cm³/mol. The number of H-pyrrole nitrogens is 2. The molecule has 0 amide bonds. The summed E-state index contributed by atoms with van der Waals surface area (Å²) in [5.74, 6) is -0.624. The van der Waals surface area contributed by atoms with E-state index >= 15 is 0 Å². The lowest BCUT2D eigenvalue weighted by molar-refractivity contribution is 0.0520. The van der Waals surface area contributed by atoms with Crippen LogP contribution in [-0.4, -0.2) is 22.5 Å². The van der Waals surface area contributed by atoms with Crippen LogP contribution in [0.5, 0.6) is 0 Å². The fourth-order valence-electron chi connectivity index (χ4n) is 3.52. The maximum atomic E-state index is 13.6. The molecule has 4 rings (SSSR count). The first-order valence-electron chi connectivity index (χ1n) is 7.91. The van der Waals surface area contributed by atoms with Gasteiger partial charge in [0, 0.05) is 27.2 Å². The Bertz CT molecular complexity index is 1120. The Kier molecular flexibility index (Phi) is 3.13. The van der Waals surface area contributed by atoms with E-state index in [1.165, 1.54) is 12.1 Å². The van der Waals surface area contributed by atoms with Gasteiger partial charge < -0.3 is 14.7 Å². The van der Waals surface area contributed by atoms with Crippen molar-refractivity contribution in [3.05, 3.63) is 46.9 Å². The summed E-state index contributed by atoms with van der Waals surface area (Å²) in [5.41, 5.74) is 5.07. The van der Waals surface area contributed by atoms with Crippen LogP contribution in [0.1, 0.15) is 28.5 Å². The van der Waals surface area contributed by atoms with E-state index in [4.69, 9.17) is 4.74 Å². The zero-order valence-corrected chi connectivity index (χ0v) is 13.7. The number of aromatic amines is 2. The second-order valence-electron chi connectivity index (χ2n) is 6.01. The van der Waals surface area contributed by atoms with Gasteiger partial charge in [0.05, 0.1) is 12.1 Å². The number of esters is 1. The molecule has 4 aromatic rings. The summed E-state index contributed by atoms with van der Waals surface area (Å²) in [4.78, 5) is 18.7.